The molecular weight excluding hydrogens is 290 g/mol. The van der Waals surface area contributed by atoms with Crippen molar-refractivity contribution in [1.29, 1.82) is 0 Å². The Balaban J connectivity index is 1.98. The van der Waals surface area contributed by atoms with Gasteiger partial charge in [0.15, 0.2) is 12.9 Å². The summed E-state index contributed by atoms with van der Waals surface area (Å²) in [6.45, 7) is 1.65. The van der Waals surface area contributed by atoms with E-state index in [0.29, 0.717) is 28.3 Å². The molecule has 0 spiro atoms. The molecule has 0 aliphatic heterocycles. The van der Waals surface area contributed by atoms with Crippen molar-refractivity contribution in [3.8, 4) is 5.75 Å². The molecule has 0 atom stereocenters. The third-order valence-corrected chi connectivity index (χ3v) is 3.10. The highest BCUT2D eigenvalue weighted by Crippen LogP contribution is 2.21. The molecule has 0 bridgehead atoms. The predicted octanol–water partition coefficient (Wildman–Crippen LogP) is 3.48. The molecule has 108 valence electrons. The van der Waals surface area contributed by atoms with Crippen LogP contribution in [-0.2, 0) is 4.79 Å². The second-order valence-corrected chi connectivity index (χ2v) is 4.89. The monoisotopic (exact) mass is 303 g/mol. The van der Waals surface area contributed by atoms with Gasteiger partial charge in [0.25, 0.3) is 5.91 Å². The molecule has 0 aromatic heterocycles. The molecule has 4 nitrogen and oxygen atoms in total. The molecule has 2 aromatic carbocycles. The van der Waals surface area contributed by atoms with Gasteiger partial charge in [-0.2, -0.15) is 0 Å². The number of nitrogens with one attached hydrogen (secondary N) is 1. The summed E-state index contributed by atoms with van der Waals surface area (Å²) >= 11 is 5.77. The summed E-state index contributed by atoms with van der Waals surface area (Å²) in [4.78, 5) is 22.8. The lowest BCUT2D eigenvalue weighted by Gasteiger charge is -2.11. The van der Waals surface area contributed by atoms with Crippen LogP contribution in [0.2, 0.25) is 5.02 Å². The van der Waals surface area contributed by atoms with Crippen LogP contribution in [0.25, 0.3) is 0 Å². The van der Waals surface area contributed by atoms with E-state index in [9.17, 15) is 9.59 Å². The summed E-state index contributed by atoms with van der Waals surface area (Å²) in [5.41, 5.74) is 1.86. The normalized spacial score (nSPS) is 10.0. The molecular formula is C16H14ClNO3. The molecule has 1 N–H and O–H groups in total. The first kappa shape index (κ1) is 15.1. The van der Waals surface area contributed by atoms with E-state index < -0.39 is 0 Å². The Kier molecular flexibility index (Phi) is 4.95. The molecule has 0 heterocycles. The minimum atomic E-state index is -0.308. The number of halogens is 1. The maximum absolute atomic E-state index is 11.8. The fourth-order valence-electron chi connectivity index (χ4n) is 1.83. The molecule has 0 aliphatic rings. The molecule has 1 amide bonds. The number of rotatable bonds is 5. The average molecular weight is 304 g/mol. The smallest absolute Gasteiger partial charge is 0.262 e. The highest BCUT2D eigenvalue weighted by Gasteiger charge is 2.09. The molecule has 0 unspecified atom stereocenters. The second-order valence-electron chi connectivity index (χ2n) is 4.45. The van der Waals surface area contributed by atoms with Crippen molar-refractivity contribution >= 4 is 29.5 Å². The van der Waals surface area contributed by atoms with Gasteiger partial charge in [-0.1, -0.05) is 23.7 Å². The van der Waals surface area contributed by atoms with Gasteiger partial charge in [0.05, 0.1) is 5.56 Å². The Morgan fingerprint density at radius 3 is 2.62 bits per heavy atom. The van der Waals surface area contributed by atoms with E-state index in [4.69, 9.17) is 16.3 Å². The number of amides is 1. The lowest BCUT2D eigenvalue weighted by molar-refractivity contribution is -0.118. The van der Waals surface area contributed by atoms with E-state index in [1.165, 1.54) is 0 Å². The lowest BCUT2D eigenvalue weighted by Crippen LogP contribution is -2.20. The van der Waals surface area contributed by atoms with Crippen LogP contribution in [0, 0.1) is 6.92 Å². The van der Waals surface area contributed by atoms with Crippen LogP contribution < -0.4 is 10.1 Å². The van der Waals surface area contributed by atoms with Crippen LogP contribution in [0.5, 0.6) is 5.75 Å². The molecule has 0 fully saturated rings. The first-order valence-corrected chi connectivity index (χ1v) is 6.71. The number of para-hydroxylation sites is 1. The van der Waals surface area contributed by atoms with Gasteiger partial charge in [0.1, 0.15) is 5.75 Å². The zero-order valence-electron chi connectivity index (χ0n) is 11.4. The molecule has 0 aliphatic carbocycles. The molecule has 2 aromatic rings. The van der Waals surface area contributed by atoms with Crippen molar-refractivity contribution in [3.63, 3.8) is 0 Å². The highest BCUT2D eigenvalue weighted by atomic mass is 35.5. The standard InChI is InChI=1S/C16H14ClNO3/c1-11-3-2-4-12(9-19)16(11)21-10-15(20)18-14-7-5-13(17)6-8-14/h2-9H,10H2,1H3,(H,18,20). The second kappa shape index (κ2) is 6.90. The number of carbonyl (C=O) groups excluding carboxylic acids is 2. The Labute approximate surface area is 127 Å². The minimum absolute atomic E-state index is 0.172. The molecule has 2 rings (SSSR count). The van der Waals surface area contributed by atoms with Crippen LogP contribution in [0.15, 0.2) is 42.5 Å². The number of aryl methyl sites for hydroxylation is 1. The first-order valence-electron chi connectivity index (χ1n) is 6.33. The summed E-state index contributed by atoms with van der Waals surface area (Å²) in [6.07, 6.45) is 0.708. The summed E-state index contributed by atoms with van der Waals surface area (Å²) in [7, 11) is 0. The van der Waals surface area contributed by atoms with E-state index in [2.05, 4.69) is 5.32 Å². The summed E-state index contributed by atoms with van der Waals surface area (Å²) in [5.74, 6) is 0.121. The fraction of sp³-hybridized carbons (Fsp3) is 0.125. The third kappa shape index (κ3) is 4.07. The van der Waals surface area contributed by atoms with Gasteiger partial charge in [0.2, 0.25) is 0 Å². The van der Waals surface area contributed by atoms with Crippen molar-refractivity contribution in [3.05, 3.63) is 58.6 Å². The molecule has 0 saturated carbocycles. The van der Waals surface area contributed by atoms with Crippen molar-refractivity contribution in [2.75, 3.05) is 11.9 Å². The zero-order chi connectivity index (χ0) is 15.2. The number of hydrogen-bond acceptors (Lipinski definition) is 3. The number of aldehydes is 1. The fourth-order valence-corrected chi connectivity index (χ4v) is 1.96. The Hall–Kier alpha value is -2.33. The Morgan fingerprint density at radius 2 is 1.95 bits per heavy atom. The lowest BCUT2D eigenvalue weighted by atomic mass is 10.1. The van der Waals surface area contributed by atoms with Crippen LogP contribution >= 0.6 is 11.6 Å². The van der Waals surface area contributed by atoms with Crippen molar-refractivity contribution in [2.24, 2.45) is 0 Å². The Morgan fingerprint density at radius 1 is 1.24 bits per heavy atom. The maximum atomic E-state index is 11.8. The third-order valence-electron chi connectivity index (χ3n) is 2.84. The molecule has 0 saturated heterocycles. The number of benzene rings is 2. The number of anilines is 1. The Bertz CT molecular complexity index is 653. The van der Waals surface area contributed by atoms with Crippen LogP contribution in [0.1, 0.15) is 15.9 Å². The molecule has 0 radical (unpaired) electrons. The van der Waals surface area contributed by atoms with E-state index in [1.807, 2.05) is 13.0 Å². The van der Waals surface area contributed by atoms with Gasteiger partial charge in [-0.25, -0.2) is 0 Å². The quantitative estimate of drug-likeness (QED) is 0.860. The van der Waals surface area contributed by atoms with Gasteiger partial charge in [-0.05, 0) is 42.8 Å². The van der Waals surface area contributed by atoms with Gasteiger partial charge >= 0.3 is 0 Å². The zero-order valence-corrected chi connectivity index (χ0v) is 12.2. The van der Waals surface area contributed by atoms with Gasteiger partial charge in [0, 0.05) is 10.7 Å². The number of ether oxygens (including phenoxy) is 1. The van der Waals surface area contributed by atoms with Gasteiger partial charge in [-0.15, -0.1) is 0 Å². The van der Waals surface area contributed by atoms with Crippen LogP contribution in [0.4, 0.5) is 5.69 Å². The largest absolute Gasteiger partial charge is 0.483 e. The summed E-state index contributed by atoms with van der Waals surface area (Å²) < 4.78 is 5.45. The minimum Gasteiger partial charge on any atom is -0.483 e. The van der Waals surface area contributed by atoms with E-state index in [1.54, 1.807) is 36.4 Å². The van der Waals surface area contributed by atoms with Crippen molar-refractivity contribution in [1.82, 2.24) is 0 Å². The average Bonchev–Trinajstić information content (AvgIpc) is 2.48. The van der Waals surface area contributed by atoms with Crippen molar-refractivity contribution < 1.29 is 14.3 Å². The van der Waals surface area contributed by atoms with Gasteiger partial charge in [-0.3, -0.25) is 9.59 Å². The molecule has 5 heteroatoms. The maximum Gasteiger partial charge on any atom is 0.262 e. The predicted molar refractivity (Wildman–Crippen MR) is 82.1 cm³/mol. The van der Waals surface area contributed by atoms with E-state index in [0.717, 1.165) is 5.56 Å². The highest BCUT2D eigenvalue weighted by molar-refractivity contribution is 6.30. The van der Waals surface area contributed by atoms with E-state index >= 15 is 0 Å². The van der Waals surface area contributed by atoms with E-state index in [-0.39, 0.29) is 12.5 Å². The van der Waals surface area contributed by atoms with Crippen molar-refractivity contribution in [2.45, 2.75) is 6.92 Å². The summed E-state index contributed by atoms with van der Waals surface area (Å²) in [6, 6.07) is 12.0. The topological polar surface area (TPSA) is 55.4 Å². The first-order chi connectivity index (χ1) is 10.1. The number of carbonyl (C=O) groups is 2. The van der Waals surface area contributed by atoms with Gasteiger partial charge < -0.3 is 10.1 Å². The molecule has 21 heavy (non-hydrogen) atoms. The van der Waals surface area contributed by atoms with Crippen LogP contribution in [0.3, 0.4) is 0 Å². The van der Waals surface area contributed by atoms with Crippen LogP contribution in [-0.4, -0.2) is 18.8 Å². The summed E-state index contributed by atoms with van der Waals surface area (Å²) in [5, 5.41) is 3.28. The number of hydrogen-bond donors (Lipinski definition) is 1. The SMILES string of the molecule is Cc1cccc(C=O)c1OCC(=O)Nc1ccc(Cl)cc1.